The molecule has 0 fully saturated rings. The van der Waals surface area contributed by atoms with Crippen LogP contribution in [0.5, 0.6) is 5.75 Å². The van der Waals surface area contributed by atoms with E-state index in [1.165, 1.54) is 0 Å². The third-order valence-corrected chi connectivity index (χ3v) is 3.03. The van der Waals surface area contributed by atoms with E-state index in [9.17, 15) is 9.90 Å². The molecule has 2 N–H and O–H groups in total. The molecular formula is C18H33NO2. The Hall–Kier alpha value is -1.35. The van der Waals surface area contributed by atoms with Gasteiger partial charge in [0.05, 0.1) is 6.04 Å². The van der Waals surface area contributed by atoms with Gasteiger partial charge in [-0.1, -0.05) is 34.6 Å². The molecule has 1 aromatic carbocycles. The molecule has 3 heteroatoms. The van der Waals surface area contributed by atoms with Crippen molar-refractivity contribution in [3.05, 3.63) is 28.8 Å². The quantitative estimate of drug-likeness (QED) is 0.857. The first-order valence-corrected chi connectivity index (χ1v) is 7.98. The minimum Gasteiger partial charge on any atom is -0.508 e. The van der Waals surface area contributed by atoms with E-state index in [4.69, 9.17) is 0 Å². The van der Waals surface area contributed by atoms with Crippen LogP contribution in [0.2, 0.25) is 0 Å². The van der Waals surface area contributed by atoms with Crippen molar-refractivity contribution in [1.29, 1.82) is 0 Å². The number of nitrogens with one attached hydrogen (secondary N) is 1. The van der Waals surface area contributed by atoms with Gasteiger partial charge in [-0.05, 0) is 62.6 Å². The first-order chi connectivity index (χ1) is 9.95. The molecule has 21 heavy (non-hydrogen) atoms. The maximum absolute atomic E-state index is 11.5. The lowest BCUT2D eigenvalue weighted by atomic mass is 9.94. The lowest BCUT2D eigenvalue weighted by Crippen LogP contribution is -2.37. The van der Waals surface area contributed by atoms with Crippen LogP contribution in [-0.4, -0.2) is 23.5 Å². The van der Waals surface area contributed by atoms with Crippen molar-refractivity contribution in [2.75, 3.05) is 6.54 Å². The summed E-state index contributed by atoms with van der Waals surface area (Å²) >= 11 is 0. The molecule has 0 amide bonds. The summed E-state index contributed by atoms with van der Waals surface area (Å²) in [6, 6.07) is 3.35. The van der Waals surface area contributed by atoms with Gasteiger partial charge in [0.2, 0.25) is 0 Å². The second kappa shape index (κ2) is 12.4. The Morgan fingerprint density at radius 3 is 1.90 bits per heavy atom. The van der Waals surface area contributed by atoms with Crippen LogP contribution in [-0.2, 0) is 11.2 Å². The van der Waals surface area contributed by atoms with Crippen LogP contribution >= 0.6 is 0 Å². The van der Waals surface area contributed by atoms with E-state index >= 15 is 0 Å². The van der Waals surface area contributed by atoms with Crippen LogP contribution in [0.4, 0.5) is 0 Å². The number of Topliss-reactive ketones (excluding diaryl/α,β-unsaturated/α-hetero) is 1. The van der Waals surface area contributed by atoms with Gasteiger partial charge in [-0.3, -0.25) is 4.79 Å². The van der Waals surface area contributed by atoms with Gasteiger partial charge in [0.25, 0.3) is 0 Å². The first-order valence-electron chi connectivity index (χ1n) is 7.98. The Balaban J connectivity index is 0. The van der Waals surface area contributed by atoms with E-state index in [1.807, 2.05) is 48.5 Å². The average molecular weight is 295 g/mol. The van der Waals surface area contributed by atoms with Crippen molar-refractivity contribution in [3.8, 4) is 5.75 Å². The summed E-state index contributed by atoms with van der Waals surface area (Å²) in [7, 11) is 0. The lowest BCUT2D eigenvalue weighted by molar-refractivity contribution is -0.118. The first kappa shape index (κ1) is 21.9. The van der Waals surface area contributed by atoms with Crippen LogP contribution in [0.15, 0.2) is 12.1 Å². The van der Waals surface area contributed by atoms with Crippen LogP contribution in [0.1, 0.15) is 58.2 Å². The molecule has 0 saturated carbocycles. The van der Waals surface area contributed by atoms with Crippen molar-refractivity contribution < 1.29 is 9.90 Å². The Labute approximate surface area is 130 Å². The molecule has 0 aromatic heterocycles. The summed E-state index contributed by atoms with van der Waals surface area (Å²) in [4.78, 5) is 11.5. The van der Waals surface area contributed by atoms with E-state index < -0.39 is 0 Å². The molecule has 0 aliphatic heterocycles. The molecule has 0 saturated heterocycles. The van der Waals surface area contributed by atoms with E-state index in [-0.39, 0.29) is 17.6 Å². The smallest absolute Gasteiger partial charge is 0.147 e. The van der Waals surface area contributed by atoms with E-state index in [0.717, 1.165) is 23.2 Å². The summed E-state index contributed by atoms with van der Waals surface area (Å²) in [6.07, 6.45) is 0.682. The zero-order valence-corrected chi connectivity index (χ0v) is 15.0. The molecule has 0 spiro atoms. The summed E-state index contributed by atoms with van der Waals surface area (Å²) < 4.78 is 0. The largest absolute Gasteiger partial charge is 0.508 e. The normalized spacial score (nSPS) is 10.7. The van der Waals surface area contributed by atoms with Gasteiger partial charge in [0.15, 0.2) is 0 Å². The minimum absolute atomic E-state index is 0.137. The van der Waals surface area contributed by atoms with Crippen molar-refractivity contribution >= 4 is 5.78 Å². The summed E-state index contributed by atoms with van der Waals surface area (Å²) in [5, 5.41) is 12.7. The average Bonchev–Trinajstić information content (AvgIpc) is 2.45. The van der Waals surface area contributed by atoms with Crippen LogP contribution < -0.4 is 5.32 Å². The van der Waals surface area contributed by atoms with E-state index in [0.29, 0.717) is 6.42 Å². The summed E-state index contributed by atoms with van der Waals surface area (Å²) in [5.74, 6) is 0.435. The molecular weight excluding hydrogens is 262 g/mol. The summed E-state index contributed by atoms with van der Waals surface area (Å²) in [5.41, 5.74) is 3.21. The number of carbonyl (C=O) groups excluding carboxylic acids is 1. The number of phenols is 1. The van der Waals surface area contributed by atoms with Crippen molar-refractivity contribution in [3.63, 3.8) is 0 Å². The SMILES string of the molecule is CC.CC.CCNC(Cc1c(C)cc(O)cc1C)C(C)=O. The number of hydrogen-bond donors (Lipinski definition) is 2. The minimum atomic E-state index is -0.137. The van der Waals surface area contributed by atoms with Crippen LogP contribution in [0.3, 0.4) is 0 Å². The molecule has 3 nitrogen and oxygen atoms in total. The molecule has 0 bridgehead atoms. The molecule has 0 aliphatic rings. The number of aromatic hydroxyl groups is 1. The number of benzene rings is 1. The Morgan fingerprint density at radius 1 is 1.14 bits per heavy atom. The van der Waals surface area contributed by atoms with Crippen molar-refractivity contribution in [1.82, 2.24) is 5.32 Å². The van der Waals surface area contributed by atoms with Gasteiger partial charge < -0.3 is 10.4 Å². The Kier molecular flexibility index (Phi) is 12.9. The van der Waals surface area contributed by atoms with Crippen LogP contribution in [0.25, 0.3) is 0 Å². The van der Waals surface area contributed by atoms with Gasteiger partial charge in [-0.2, -0.15) is 0 Å². The second-order valence-corrected chi connectivity index (χ2v) is 4.48. The van der Waals surface area contributed by atoms with Gasteiger partial charge in [0.1, 0.15) is 11.5 Å². The van der Waals surface area contributed by atoms with Gasteiger partial charge in [-0.25, -0.2) is 0 Å². The number of likely N-dealkylation sites (N-methyl/N-ethyl adjacent to an activating group) is 1. The van der Waals surface area contributed by atoms with Crippen molar-refractivity contribution in [2.45, 2.75) is 67.9 Å². The van der Waals surface area contributed by atoms with Crippen LogP contribution in [0, 0.1) is 13.8 Å². The number of aryl methyl sites for hydroxylation is 2. The number of ketones is 1. The van der Waals surface area contributed by atoms with Crippen molar-refractivity contribution in [2.24, 2.45) is 0 Å². The topological polar surface area (TPSA) is 49.3 Å². The fraction of sp³-hybridized carbons (Fsp3) is 0.611. The lowest BCUT2D eigenvalue weighted by Gasteiger charge is -2.18. The molecule has 122 valence electrons. The summed E-state index contributed by atoms with van der Waals surface area (Å²) in [6.45, 7) is 16.3. The monoisotopic (exact) mass is 295 g/mol. The molecule has 0 aliphatic carbocycles. The predicted molar refractivity (Wildman–Crippen MR) is 92.1 cm³/mol. The third-order valence-electron chi connectivity index (χ3n) is 3.03. The maximum Gasteiger partial charge on any atom is 0.147 e. The highest BCUT2D eigenvalue weighted by Crippen LogP contribution is 2.22. The number of rotatable bonds is 5. The highest BCUT2D eigenvalue weighted by Gasteiger charge is 2.16. The van der Waals surface area contributed by atoms with Gasteiger partial charge in [0, 0.05) is 0 Å². The second-order valence-electron chi connectivity index (χ2n) is 4.48. The number of phenolic OH excluding ortho intramolecular Hbond substituents is 1. The molecule has 0 heterocycles. The predicted octanol–water partition coefficient (Wildman–Crippen LogP) is 4.17. The number of hydrogen-bond acceptors (Lipinski definition) is 3. The van der Waals surface area contributed by atoms with E-state index in [1.54, 1.807) is 19.1 Å². The number of carbonyl (C=O) groups is 1. The Bertz CT molecular complexity index is 391. The fourth-order valence-corrected chi connectivity index (χ4v) is 2.10. The maximum atomic E-state index is 11.5. The standard InChI is InChI=1S/C14H21NO2.2C2H6/c1-5-15-14(11(4)16)8-13-9(2)6-12(17)7-10(13)3;2*1-2/h6-7,14-15,17H,5,8H2,1-4H3;2*1-2H3. The Morgan fingerprint density at radius 2 is 1.57 bits per heavy atom. The van der Waals surface area contributed by atoms with E-state index in [2.05, 4.69) is 5.32 Å². The zero-order chi connectivity index (χ0) is 17.0. The molecule has 1 aromatic rings. The molecule has 1 rings (SSSR count). The molecule has 1 atom stereocenters. The highest BCUT2D eigenvalue weighted by atomic mass is 16.3. The van der Waals surface area contributed by atoms with Gasteiger partial charge >= 0.3 is 0 Å². The molecule has 1 unspecified atom stereocenters. The highest BCUT2D eigenvalue weighted by molar-refractivity contribution is 5.81. The third kappa shape index (κ3) is 7.86. The zero-order valence-electron chi connectivity index (χ0n) is 15.0. The molecule has 0 radical (unpaired) electrons. The van der Waals surface area contributed by atoms with Gasteiger partial charge in [-0.15, -0.1) is 0 Å². The fourth-order valence-electron chi connectivity index (χ4n) is 2.10.